The number of para-hydroxylation sites is 2. The van der Waals surface area contributed by atoms with Crippen LogP contribution in [0.3, 0.4) is 0 Å². The van der Waals surface area contributed by atoms with Crippen molar-refractivity contribution < 1.29 is 14.0 Å². The predicted octanol–water partition coefficient (Wildman–Crippen LogP) is 6.13. The third kappa shape index (κ3) is 6.16. The van der Waals surface area contributed by atoms with E-state index in [1.165, 1.54) is 5.56 Å². The number of hydrogen-bond acceptors (Lipinski definition) is 4. The van der Waals surface area contributed by atoms with Crippen LogP contribution in [0, 0.1) is 0 Å². The summed E-state index contributed by atoms with van der Waals surface area (Å²) in [6.45, 7) is 15.5. The molecule has 0 aromatic heterocycles. The Kier molecular flexibility index (Phi) is 9.53. The van der Waals surface area contributed by atoms with E-state index < -0.39 is 10.3 Å². The molecule has 5 heteroatoms. The number of rotatable bonds is 12. The molecule has 0 fully saturated rings. The molecule has 0 atom stereocenters. The fourth-order valence-corrected chi connectivity index (χ4v) is 8.46. The number of benzene rings is 2. The van der Waals surface area contributed by atoms with Crippen LogP contribution in [0.5, 0.6) is 5.75 Å². The molecular weight excluding hydrogens is 394 g/mol. The topological polar surface area (TPSA) is 50.7 Å². The Morgan fingerprint density at radius 2 is 1.33 bits per heavy atom. The van der Waals surface area contributed by atoms with Crippen molar-refractivity contribution in [1.82, 2.24) is 0 Å². The van der Waals surface area contributed by atoms with Crippen molar-refractivity contribution in [1.29, 1.82) is 0 Å². The largest absolute Gasteiger partial charge is 0.487 e. The van der Waals surface area contributed by atoms with Crippen molar-refractivity contribution in [2.45, 2.75) is 70.5 Å². The Balaban J connectivity index is 1.99. The molecule has 2 rings (SSSR count). The summed E-state index contributed by atoms with van der Waals surface area (Å²) < 4.78 is 12.6. The highest BCUT2D eigenvalue weighted by Gasteiger charge is 2.35. The van der Waals surface area contributed by atoms with Gasteiger partial charge in [0.25, 0.3) is 0 Å². The van der Waals surface area contributed by atoms with Crippen molar-refractivity contribution >= 4 is 16.0 Å². The summed E-state index contributed by atoms with van der Waals surface area (Å²) in [5.41, 5.74) is 3.21. The molecule has 168 valence electrons. The second-order valence-corrected chi connectivity index (χ2v) is 12.8. The summed E-state index contributed by atoms with van der Waals surface area (Å²) in [4.78, 5) is 0. The number of nitrogens with one attached hydrogen (secondary N) is 1. The zero-order chi connectivity index (χ0) is 22.1. The molecule has 2 aromatic rings. The SMILES string of the molecule is CC(C)S(OCc1ccc(COc2ccccc2NCCO)cc1)(C(C)C)C(C)C. The van der Waals surface area contributed by atoms with Gasteiger partial charge in [0.1, 0.15) is 12.4 Å². The van der Waals surface area contributed by atoms with Gasteiger partial charge < -0.3 is 19.3 Å². The molecule has 0 unspecified atom stereocenters. The second-order valence-electron chi connectivity index (χ2n) is 8.36. The normalized spacial score (nSPS) is 12.6. The second kappa shape index (κ2) is 11.6. The molecule has 0 radical (unpaired) electrons. The monoisotopic (exact) mass is 433 g/mol. The van der Waals surface area contributed by atoms with E-state index in [9.17, 15) is 0 Å². The molecule has 0 aliphatic heterocycles. The molecule has 0 amide bonds. The van der Waals surface area contributed by atoms with Crippen molar-refractivity contribution in [3.63, 3.8) is 0 Å². The lowest BCUT2D eigenvalue weighted by Crippen LogP contribution is -2.30. The summed E-state index contributed by atoms with van der Waals surface area (Å²) in [5.74, 6) is 0.789. The lowest BCUT2D eigenvalue weighted by molar-refractivity contribution is 0.303. The maximum Gasteiger partial charge on any atom is 0.142 e. The summed E-state index contributed by atoms with van der Waals surface area (Å²) >= 11 is 0. The van der Waals surface area contributed by atoms with Crippen molar-refractivity contribution in [3.05, 3.63) is 59.7 Å². The third-order valence-corrected chi connectivity index (χ3v) is 10.3. The molecule has 2 N–H and O–H groups in total. The van der Waals surface area contributed by atoms with Gasteiger partial charge in [0, 0.05) is 22.3 Å². The lowest BCUT2D eigenvalue weighted by atomic mass is 10.1. The van der Waals surface area contributed by atoms with Crippen LogP contribution in [-0.4, -0.2) is 34.0 Å². The Morgan fingerprint density at radius 1 is 0.800 bits per heavy atom. The average Bonchev–Trinajstić information content (AvgIpc) is 2.71. The number of aliphatic hydroxyl groups excluding tert-OH is 1. The van der Waals surface area contributed by atoms with E-state index in [1.54, 1.807) is 0 Å². The predicted molar refractivity (Wildman–Crippen MR) is 131 cm³/mol. The minimum absolute atomic E-state index is 0.0886. The fourth-order valence-electron chi connectivity index (χ4n) is 4.03. The summed E-state index contributed by atoms with van der Waals surface area (Å²) in [6.07, 6.45) is 0. The maximum atomic E-state index is 9.03. The molecule has 0 saturated heterocycles. The first kappa shape index (κ1) is 24.6. The van der Waals surface area contributed by atoms with Crippen LogP contribution >= 0.6 is 10.3 Å². The smallest absolute Gasteiger partial charge is 0.142 e. The molecule has 0 aliphatic rings. The van der Waals surface area contributed by atoms with Crippen LogP contribution in [0.25, 0.3) is 0 Å². The lowest BCUT2D eigenvalue weighted by Gasteiger charge is -2.50. The fraction of sp³-hybridized carbons (Fsp3) is 0.520. The highest BCUT2D eigenvalue weighted by atomic mass is 32.3. The van der Waals surface area contributed by atoms with Gasteiger partial charge in [-0.2, -0.15) is 0 Å². The first-order chi connectivity index (χ1) is 14.3. The molecular formula is C25H39NO3S. The highest BCUT2D eigenvalue weighted by molar-refractivity contribution is 8.31. The van der Waals surface area contributed by atoms with Crippen molar-refractivity contribution in [3.8, 4) is 5.75 Å². The van der Waals surface area contributed by atoms with Gasteiger partial charge >= 0.3 is 0 Å². The highest BCUT2D eigenvalue weighted by Crippen LogP contribution is 2.61. The maximum absolute atomic E-state index is 9.03. The van der Waals surface area contributed by atoms with Crippen LogP contribution in [0.4, 0.5) is 5.69 Å². The van der Waals surface area contributed by atoms with Gasteiger partial charge in [0.15, 0.2) is 0 Å². The van der Waals surface area contributed by atoms with Gasteiger partial charge in [-0.1, -0.05) is 77.9 Å². The zero-order valence-corrected chi connectivity index (χ0v) is 20.2. The summed E-state index contributed by atoms with van der Waals surface area (Å²) in [6, 6.07) is 16.3. The number of aliphatic hydroxyl groups is 1. The van der Waals surface area contributed by atoms with Gasteiger partial charge in [0.2, 0.25) is 0 Å². The Morgan fingerprint density at radius 3 is 1.87 bits per heavy atom. The van der Waals surface area contributed by atoms with E-state index in [0.29, 0.717) is 35.5 Å². The van der Waals surface area contributed by atoms with E-state index in [2.05, 4.69) is 71.1 Å². The number of ether oxygens (including phenoxy) is 1. The van der Waals surface area contributed by atoms with Crippen LogP contribution in [0.2, 0.25) is 0 Å². The van der Waals surface area contributed by atoms with Gasteiger partial charge in [0.05, 0.1) is 18.9 Å². The third-order valence-electron chi connectivity index (χ3n) is 5.37. The van der Waals surface area contributed by atoms with Crippen molar-refractivity contribution in [2.75, 3.05) is 18.5 Å². The average molecular weight is 434 g/mol. The van der Waals surface area contributed by atoms with Crippen LogP contribution in [-0.2, 0) is 17.4 Å². The molecule has 0 saturated carbocycles. The van der Waals surface area contributed by atoms with Crippen molar-refractivity contribution in [2.24, 2.45) is 0 Å². The molecule has 0 aliphatic carbocycles. The van der Waals surface area contributed by atoms with Crippen LogP contribution in [0.15, 0.2) is 48.5 Å². The summed E-state index contributed by atoms with van der Waals surface area (Å²) in [5, 5.41) is 13.8. The number of hydrogen-bond donors (Lipinski definition) is 2. The summed E-state index contributed by atoms with van der Waals surface area (Å²) in [7, 11) is -1.16. The Labute approximate surface area is 184 Å². The van der Waals surface area contributed by atoms with Crippen LogP contribution < -0.4 is 10.1 Å². The van der Waals surface area contributed by atoms with Gasteiger partial charge in [-0.3, -0.25) is 0 Å². The minimum Gasteiger partial charge on any atom is -0.487 e. The minimum atomic E-state index is -1.16. The Bertz CT molecular complexity index is 737. The van der Waals surface area contributed by atoms with E-state index in [1.807, 2.05) is 24.3 Å². The van der Waals surface area contributed by atoms with E-state index >= 15 is 0 Å². The molecule has 0 spiro atoms. The van der Waals surface area contributed by atoms with Gasteiger partial charge in [-0.05, 0) is 23.3 Å². The molecule has 30 heavy (non-hydrogen) atoms. The Hall–Kier alpha value is -1.69. The van der Waals surface area contributed by atoms with Gasteiger partial charge in [-0.25, -0.2) is 0 Å². The molecule has 4 nitrogen and oxygen atoms in total. The van der Waals surface area contributed by atoms with E-state index in [4.69, 9.17) is 14.0 Å². The quantitative estimate of drug-likeness (QED) is 0.423. The van der Waals surface area contributed by atoms with Gasteiger partial charge in [-0.15, -0.1) is 10.3 Å². The molecule has 0 bridgehead atoms. The van der Waals surface area contributed by atoms with E-state index in [0.717, 1.165) is 17.0 Å². The molecule has 2 aromatic carbocycles. The first-order valence-corrected chi connectivity index (χ1v) is 12.6. The standard InChI is InChI=1S/C25H39NO3S/c1-19(2)30(20(3)4,21(5)6)29-18-23-13-11-22(12-14-23)17-28-25-10-8-7-9-24(25)26-15-16-27/h7-14,19-21,26-27H,15-18H2,1-6H3. The van der Waals surface area contributed by atoms with Crippen LogP contribution in [0.1, 0.15) is 52.7 Å². The number of anilines is 1. The molecule has 0 heterocycles. The first-order valence-electron chi connectivity index (χ1n) is 10.9. The van der Waals surface area contributed by atoms with E-state index in [-0.39, 0.29) is 6.61 Å². The zero-order valence-electron chi connectivity index (χ0n) is 19.4.